The molecule has 1 aromatic heterocycles. The van der Waals surface area contributed by atoms with Crippen LogP contribution < -0.4 is 0 Å². The summed E-state index contributed by atoms with van der Waals surface area (Å²) < 4.78 is 0. The third-order valence-electron chi connectivity index (χ3n) is 1.63. The zero-order valence-corrected chi connectivity index (χ0v) is 7.15. The first kappa shape index (κ1) is 9.38. The van der Waals surface area contributed by atoms with Crippen molar-refractivity contribution in [1.82, 2.24) is 4.98 Å². The highest BCUT2D eigenvalue weighted by Gasteiger charge is 2.06. The summed E-state index contributed by atoms with van der Waals surface area (Å²) in [6.07, 6.45) is 1.68. The molecule has 0 saturated carbocycles. The number of carboxylic acid groups (broad SMARTS) is 1. The summed E-state index contributed by atoms with van der Waals surface area (Å²) >= 11 is 0. The summed E-state index contributed by atoms with van der Waals surface area (Å²) in [4.78, 5) is 25.1. The van der Waals surface area contributed by atoms with Gasteiger partial charge in [0.15, 0.2) is 5.78 Å². The summed E-state index contributed by atoms with van der Waals surface area (Å²) in [6, 6.07) is 2.80. The molecule has 0 aliphatic rings. The topological polar surface area (TPSA) is 67.3 Å². The minimum absolute atomic E-state index is 0.0376. The maximum atomic E-state index is 11.1. The van der Waals surface area contributed by atoms with Crippen LogP contribution in [0.5, 0.6) is 0 Å². The fourth-order valence-electron chi connectivity index (χ4n) is 0.889. The van der Waals surface area contributed by atoms with Gasteiger partial charge in [-0.2, -0.15) is 0 Å². The number of carbonyl (C=O) groups is 2. The van der Waals surface area contributed by atoms with Gasteiger partial charge in [0.2, 0.25) is 0 Å². The van der Waals surface area contributed by atoms with Crippen molar-refractivity contribution in [2.24, 2.45) is 0 Å². The van der Waals surface area contributed by atoms with Crippen LogP contribution in [-0.4, -0.2) is 21.8 Å². The Kier molecular flexibility index (Phi) is 2.74. The van der Waals surface area contributed by atoms with Crippen molar-refractivity contribution >= 4 is 11.8 Å². The van der Waals surface area contributed by atoms with Gasteiger partial charge in [0.1, 0.15) is 5.69 Å². The predicted molar refractivity (Wildman–Crippen MR) is 45.8 cm³/mol. The van der Waals surface area contributed by atoms with Crippen LogP contribution in [0.25, 0.3) is 0 Å². The Morgan fingerprint density at radius 2 is 2.15 bits per heavy atom. The summed E-state index contributed by atoms with van der Waals surface area (Å²) in [5, 5.41) is 8.52. The van der Waals surface area contributed by atoms with E-state index in [0.717, 1.165) is 0 Å². The smallest absolute Gasteiger partial charge is 0.354 e. The molecular formula is C9H9NO3. The predicted octanol–water partition coefficient (Wildman–Crippen LogP) is 1.37. The average Bonchev–Trinajstić information content (AvgIpc) is 2.17. The molecule has 0 saturated heterocycles. The molecule has 0 aliphatic carbocycles. The summed E-state index contributed by atoms with van der Waals surface area (Å²) in [5.41, 5.74) is 0.403. The molecule has 0 spiro atoms. The minimum Gasteiger partial charge on any atom is -0.477 e. The number of ketones is 1. The fourth-order valence-corrected chi connectivity index (χ4v) is 0.889. The number of hydrogen-bond donors (Lipinski definition) is 1. The molecule has 4 heteroatoms. The second-order valence-corrected chi connectivity index (χ2v) is 2.51. The molecule has 1 aromatic rings. The number of rotatable bonds is 3. The van der Waals surface area contributed by atoms with E-state index in [1.54, 1.807) is 6.92 Å². The van der Waals surface area contributed by atoms with Gasteiger partial charge in [-0.05, 0) is 12.1 Å². The number of carboxylic acids is 1. The molecular weight excluding hydrogens is 170 g/mol. The highest BCUT2D eigenvalue weighted by Crippen LogP contribution is 2.03. The Morgan fingerprint density at radius 3 is 2.54 bits per heavy atom. The van der Waals surface area contributed by atoms with Gasteiger partial charge in [-0.1, -0.05) is 6.92 Å². The van der Waals surface area contributed by atoms with Crippen LogP contribution in [0.2, 0.25) is 0 Å². The number of Topliss-reactive ketones (excluding diaryl/α,β-unsaturated/α-hetero) is 1. The van der Waals surface area contributed by atoms with E-state index in [2.05, 4.69) is 4.98 Å². The Morgan fingerprint density at radius 1 is 1.46 bits per heavy atom. The lowest BCUT2D eigenvalue weighted by molar-refractivity contribution is 0.0690. The van der Waals surface area contributed by atoms with Crippen molar-refractivity contribution in [2.45, 2.75) is 13.3 Å². The lowest BCUT2D eigenvalue weighted by Gasteiger charge is -1.97. The lowest BCUT2D eigenvalue weighted by atomic mass is 10.1. The van der Waals surface area contributed by atoms with Crippen molar-refractivity contribution in [3.8, 4) is 0 Å². The van der Waals surface area contributed by atoms with Gasteiger partial charge in [-0.25, -0.2) is 9.78 Å². The third kappa shape index (κ3) is 2.11. The van der Waals surface area contributed by atoms with Crippen molar-refractivity contribution in [1.29, 1.82) is 0 Å². The zero-order valence-electron chi connectivity index (χ0n) is 7.15. The summed E-state index contributed by atoms with van der Waals surface area (Å²) in [7, 11) is 0. The molecule has 4 nitrogen and oxygen atoms in total. The maximum Gasteiger partial charge on any atom is 0.354 e. The number of aromatic nitrogens is 1. The van der Waals surface area contributed by atoms with E-state index in [0.29, 0.717) is 12.0 Å². The van der Waals surface area contributed by atoms with Crippen LogP contribution in [0, 0.1) is 0 Å². The summed E-state index contributed by atoms with van der Waals surface area (Å²) in [5.74, 6) is -1.13. The van der Waals surface area contributed by atoms with Crippen molar-refractivity contribution in [2.75, 3.05) is 0 Å². The molecule has 0 aliphatic heterocycles. The van der Waals surface area contributed by atoms with Crippen LogP contribution in [0.15, 0.2) is 18.3 Å². The van der Waals surface area contributed by atoms with E-state index >= 15 is 0 Å². The minimum atomic E-state index is -1.09. The molecule has 1 rings (SSSR count). The van der Waals surface area contributed by atoms with E-state index in [1.165, 1.54) is 18.3 Å². The Hall–Kier alpha value is -1.71. The van der Waals surface area contributed by atoms with Gasteiger partial charge >= 0.3 is 5.97 Å². The van der Waals surface area contributed by atoms with Gasteiger partial charge in [-0.15, -0.1) is 0 Å². The SMILES string of the molecule is CCC(=O)c1ccc(C(=O)O)nc1. The molecule has 1 heterocycles. The lowest BCUT2D eigenvalue weighted by Crippen LogP contribution is -2.03. The first-order chi connectivity index (χ1) is 6.15. The van der Waals surface area contributed by atoms with Gasteiger partial charge < -0.3 is 5.11 Å². The highest BCUT2D eigenvalue weighted by molar-refractivity contribution is 5.96. The summed E-state index contributed by atoms with van der Waals surface area (Å²) in [6.45, 7) is 1.74. The maximum absolute atomic E-state index is 11.1. The van der Waals surface area contributed by atoms with Gasteiger partial charge in [0, 0.05) is 18.2 Å². The Labute approximate surface area is 75.2 Å². The zero-order chi connectivity index (χ0) is 9.84. The van der Waals surface area contributed by atoms with Gasteiger partial charge in [-0.3, -0.25) is 4.79 Å². The molecule has 13 heavy (non-hydrogen) atoms. The normalized spacial score (nSPS) is 9.62. The number of aromatic carboxylic acids is 1. The van der Waals surface area contributed by atoms with E-state index in [1.807, 2.05) is 0 Å². The number of hydrogen-bond acceptors (Lipinski definition) is 3. The number of carbonyl (C=O) groups excluding carboxylic acids is 1. The molecule has 0 atom stereocenters. The Balaban J connectivity index is 2.93. The third-order valence-corrected chi connectivity index (χ3v) is 1.63. The van der Waals surface area contributed by atoms with E-state index in [4.69, 9.17) is 5.11 Å². The molecule has 0 amide bonds. The van der Waals surface area contributed by atoms with Crippen LogP contribution >= 0.6 is 0 Å². The van der Waals surface area contributed by atoms with Crippen molar-refractivity contribution < 1.29 is 14.7 Å². The van der Waals surface area contributed by atoms with Crippen molar-refractivity contribution in [3.05, 3.63) is 29.6 Å². The standard InChI is InChI=1S/C9H9NO3/c1-2-8(11)6-3-4-7(9(12)13)10-5-6/h3-5H,2H2,1H3,(H,12,13). The molecule has 0 aromatic carbocycles. The van der Waals surface area contributed by atoms with E-state index < -0.39 is 5.97 Å². The van der Waals surface area contributed by atoms with Crippen LogP contribution in [0.1, 0.15) is 34.2 Å². The first-order valence-electron chi connectivity index (χ1n) is 3.87. The Bertz CT molecular complexity index is 329. The number of nitrogens with zero attached hydrogens (tertiary/aromatic N) is 1. The van der Waals surface area contributed by atoms with Crippen LogP contribution in [0.3, 0.4) is 0 Å². The fraction of sp³-hybridized carbons (Fsp3) is 0.222. The monoisotopic (exact) mass is 179 g/mol. The molecule has 0 unspecified atom stereocenters. The quantitative estimate of drug-likeness (QED) is 0.711. The number of pyridine rings is 1. The van der Waals surface area contributed by atoms with Crippen LogP contribution in [0.4, 0.5) is 0 Å². The highest BCUT2D eigenvalue weighted by atomic mass is 16.4. The van der Waals surface area contributed by atoms with Crippen molar-refractivity contribution in [3.63, 3.8) is 0 Å². The second-order valence-electron chi connectivity index (χ2n) is 2.51. The first-order valence-corrected chi connectivity index (χ1v) is 3.87. The van der Waals surface area contributed by atoms with Crippen LogP contribution in [-0.2, 0) is 0 Å². The van der Waals surface area contributed by atoms with Gasteiger partial charge in [0.25, 0.3) is 0 Å². The molecule has 68 valence electrons. The molecule has 0 fully saturated rings. The molecule has 0 radical (unpaired) electrons. The average molecular weight is 179 g/mol. The van der Waals surface area contributed by atoms with E-state index in [-0.39, 0.29) is 11.5 Å². The molecule has 1 N–H and O–H groups in total. The van der Waals surface area contributed by atoms with Gasteiger partial charge in [0.05, 0.1) is 0 Å². The largest absolute Gasteiger partial charge is 0.477 e. The molecule has 0 bridgehead atoms. The van der Waals surface area contributed by atoms with E-state index in [9.17, 15) is 9.59 Å². The second kappa shape index (κ2) is 3.80.